The van der Waals surface area contributed by atoms with Crippen molar-refractivity contribution in [3.8, 4) is 11.1 Å². The van der Waals surface area contributed by atoms with Gasteiger partial charge in [-0.3, -0.25) is 4.79 Å². The van der Waals surface area contributed by atoms with E-state index in [4.69, 9.17) is 0 Å². The first-order valence-corrected chi connectivity index (χ1v) is 5.57. The first kappa shape index (κ1) is 15.1. The van der Waals surface area contributed by atoms with E-state index >= 15 is 0 Å². The summed E-state index contributed by atoms with van der Waals surface area (Å²) in [5.74, 6) is 0. The highest BCUT2D eigenvalue weighted by molar-refractivity contribution is 5.67. The van der Waals surface area contributed by atoms with Crippen LogP contribution in [0.2, 0.25) is 0 Å². The van der Waals surface area contributed by atoms with Gasteiger partial charge in [0.2, 0.25) is 0 Å². The van der Waals surface area contributed by atoms with Gasteiger partial charge in [-0.15, -0.1) is 0 Å². The third-order valence-electron chi connectivity index (χ3n) is 2.75. The van der Waals surface area contributed by atoms with E-state index in [1.165, 1.54) is 6.07 Å². The molecule has 112 valence electrons. The third-order valence-corrected chi connectivity index (χ3v) is 2.75. The van der Waals surface area contributed by atoms with Gasteiger partial charge < -0.3 is 4.98 Å². The Bertz CT molecular complexity index is 714. The molecule has 1 heterocycles. The molecule has 21 heavy (non-hydrogen) atoms. The topological polar surface area (TPSA) is 32.9 Å². The largest absolute Gasteiger partial charge is 0.417 e. The third kappa shape index (κ3) is 3.09. The highest BCUT2D eigenvalue weighted by Crippen LogP contribution is 2.37. The van der Waals surface area contributed by atoms with Gasteiger partial charge in [0, 0.05) is 11.8 Å². The lowest BCUT2D eigenvalue weighted by Crippen LogP contribution is -2.16. The zero-order valence-electron chi connectivity index (χ0n) is 10.1. The van der Waals surface area contributed by atoms with Gasteiger partial charge in [0.15, 0.2) is 0 Å². The van der Waals surface area contributed by atoms with E-state index in [-0.39, 0.29) is 0 Å². The van der Waals surface area contributed by atoms with Crippen molar-refractivity contribution in [3.63, 3.8) is 0 Å². The number of nitrogens with one attached hydrogen (secondary N) is 1. The monoisotopic (exact) mass is 307 g/mol. The molecule has 0 aliphatic carbocycles. The number of aromatic nitrogens is 1. The Kier molecular flexibility index (Phi) is 3.56. The van der Waals surface area contributed by atoms with Gasteiger partial charge in [-0.1, -0.05) is 18.2 Å². The predicted molar refractivity (Wildman–Crippen MR) is 62.5 cm³/mol. The molecule has 0 atom stereocenters. The zero-order chi connectivity index (χ0) is 15.8. The van der Waals surface area contributed by atoms with Crippen molar-refractivity contribution in [1.82, 2.24) is 4.98 Å². The number of rotatable bonds is 1. The summed E-state index contributed by atoms with van der Waals surface area (Å²) in [6.07, 6.45) is -9.13. The van der Waals surface area contributed by atoms with Crippen LogP contribution in [0.5, 0.6) is 0 Å². The summed E-state index contributed by atoms with van der Waals surface area (Å²) in [5.41, 5.74) is -4.71. The first-order chi connectivity index (χ1) is 9.60. The van der Waals surface area contributed by atoms with E-state index in [9.17, 15) is 31.1 Å². The molecule has 1 aromatic heterocycles. The molecule has 0 spiro atoms. The Morgan fingerprint density at radius 3 is 2.05 bits per heavy atom. The minimum atomic E-state index is -4.78. The minimum Gasteiger partial charge on any atom is -0.328 e. The Morgan fingerprint density at radius 1 is 0.857 bits per heavy atom. The lowest BCUT2D eigenvalue weighted by Gasteiger charge is -2.13. The molecule has 0 saturated carbocycles. The van der Waals surface area contributed by atoms with Crippen LogP contribution in [0.4, 0.5) is 26.3 Å². The average molecular weight is 307 g/mol. The van der Waals surface area contributed by atoms with Crippen LogP contribution in [0.15, 0.2) is 41.3 Å². The minimum absolute atomic E-state index is 0.406. The number of hydrogen-bond acceptors (Lipinski definition) is 1. The van der Waals surface area contributed by atoms with Gasteiger partial charge in [0.05, 0.1) is 11.1 Å². The summed E-state index contributed by atoms with van der Waals surface area (Å²) in [6.45, 7) is 0. The summed E-state index contributed by atoms with van der Waals surface area (Å²) >= 11 is 0. The molecule has 1 N–H and O–H groups in total. The smallest absolute Gasteiger partial charge is 0.328 e. The first-order valence-electron chi connectivity index (χ1n) is 5.57. The van der Waals surface area contributed by atoms with Gasteiger partial charge in [0.1, 0.15) is 0 Å². The van der Waals surface area contributed by atoms with Crippen LogP contribution in [-0.2, 0) is 12.4 Å². The van der Waals surface area contributed by atoms with E-state index in [1.54, 1.807) is 0 Å². The van der Waals surface area contributed by atoms with E-state index in [0.29, 0.717) is 18.3 Å². The summed E-state index contributed by atoms with van der Waals surface area (Å²) in [4.78, 5) is 13.4. The van der Waals surface area contributed by atoms with E-state index in [1.807, 2.05) is 4.98 Å². The van der Waals surface area contributed by atoms with Crippen molar-refractivity contribution in [3.05, 3.63) is 58.0 Å². The highest BCUT2D eigenvalue weighted by Gasteiger charge is 2.35. The van der Waals surface area contributed by atoms with Crippen LogP contribution in [0.3, 0.4) is 0 Å². The molecule has 2 nitrogen and oxygen atoms in total. The van der Waals surface area contributed by atoms with Crippen molar-refractivity contribution in [2.75, 3.05) is 0 Å². The molecule has 0 amide bonds. The maximum atomic E-state index is 12.9. The van der Waals surface area contributed by atoms with Crippen molar-refractivity contribution in [1.29, 1.82) is 0 Å². The Morgan fingerprint density at radius 2 is 1.48 bits per heavy atom. The number of H-pyrrole nitrogens is 1. The number of alkyl halides is 6. The fourth-order valence-electron chi connectivity index (χ4n) is 1.81. The fourth-order valence-corrected chi connectivity index (χ4v) is 1.81. The molecule has 0 unspecified atom stereocenters. The standard InChI is InChI=1S/C13H7F6NO/c14-12(15,16)7-5-9(11(21)20-6-7)8-3-1-2-4-10(8)13(17,18)19/h1-6H,(H,20,21). The number of halogens is 6. The maximum absolute atomic E-state index is 12.9. The van der Waals surface area contributed by atoms with Gasteiger partial charge in [-0.2, -0.15) is 26.3 Å². The molecule has 0 aliphatic rings. The molecule has 0 fully saturated rings. The van der Waals surface area contributed by atoms with Crippen LogP contribution < -0.4 is 5.56 Å². The molecule has 2 aromatic rings. The van der Waals surface area contributed by atoms with Crippen LogP contribution in [-0.4, -0.2) is 4.98 Å². The molecule has 0 radical (unpaired) electrons. The van der Waals surface area contributed by atoms with Gasteiger partial charge in [-0.25, -0.2) is 0 Å². The molecule has 0 aliphatic heterocycles. The summed E-state index contributed by atoms with van der Waals surface area (Å²) in [6, 6.07) is 4.37. The summed E-state index contributed by atoms with van der Waals surface area (Å²) < 4.78 is 76.4. The quantitative estimate of drug-likeness (QED) is 0.791. The van der Waals surface area contributed by atoms with Crippen LogP contribution in [0.25, 0.3) is 11.1 Å². The average Bonchev–Trinajstić information content (AvgIpc) is 2.37. The molecular weight excluding hydrogens is 300 g/mol. The number of pyridine rings is 1. The second-order valence-electron chi connectivity index (χ2n) is 4.17. The van der Waals surface area contributed by atoms with Gasteiger partial charge in [0.25, 0.3) is 5.56 Å². The number of benzene rings is 1. The maximum Gasteiger partial charge on any atom is 0.417 e. The Hall–Kier alpha value is -2.25. The molecule has 0 saturated heterocycles. The second kappa shape index (κ2) is 4.94. The second-order valence-corrected chi connectivity index (χ2v) is 4.17. The summed E-state index contributed by atoms with van der Waals surface area (Å²) in [5, 5.41) is 0. The molecular formula is C13H7F6NO. The van der Waals surface area contributed by atoms with Crippen LogP contribution in [0, 0.1) is 0 Å². The molecule has 2 rings (SSSR count). The Labute approximate surface area is 114 Å². The van der Waals surface area contributed by atoms with Crippen LogP contribution in [0.1, 0.15) is 11.1 Å². The van der Waals surface area contributed by atoms with E-state index in [2.05, 4.69) is 0 Å². The molecule has 1 aromatic carbocycles. The van der Waals surface area contributed by atoms with Crippen molar-refractivity contribution in [2.45, 2.75) is 12.4 Å². The predicted octanol–water partition coefficient (Wildman–Crippen LogP) is 4.08. The Balaban J connectivity index is 2.71. The normalized spacial score (nSPS) is 12.5. The van der Waals surface area contributed by atoms with E-state index in [0.717, 1.165) is 12.1 Å². The molecule has 8 heteroatoms. The fraction of sp³-hybridized carbons (Fsp3) is 0.154. The molecule has 0 bridgehead atoms. The van der Waals surface area contributed by atoms with Crippen LogP contribution >= 0.6 is 0 Å². The van der Waals surface area contributed by atoms with Crippen molar-refractivity contribution in [2.24, 2.45) is 0 Å². The summed E-state index contributed by atoms with van der Waals surface area (Å²) in [7, 11) is 0. The lowest BCUT2D eigenvalue weighted by molar-refractivity contribution is -0.138. The lowest BCUT2D eigenvalue weighted by atomic mass is 9.99. The van der Waals surface area contributed by atoms with Crippen molar-refractivity contribution >= 4 is 0 Å². The highest BCUT2D eigenvalue weighted by atomic mass is 19.4. The SMILES string of the molecule is O=c1[nH]cc(C(F)(F)F)cc1-c1ccccc1C(F)(F)F. The van der Waals surface area contributed by atoms with E-state index < -0.39 is 40.2 Å². The van der Waals surface area contributed by atoms with Gasteiger partial charge >= 0.3 is 12.4 Å². The number of aromatic amines is 1. The van der Waals surface area contributed by atoms with Gasteiger partial charge in [-0.05, 0) is 17.7 Å². The number of hydrogen-bond donors (Lipinski definition) is 1. The zero-order valence-corrected chi connectivity index (χ0v) is 10.1. The van der Waals surface area contributed by atoms with Crippen molar-refractivity contribution < 1.29 is 26.3 Å².